The number of carbonyl (C=O) groups excluding carboxylic acids is 1. The van der Waals surface area contributed by atoms with E-state index < -0.39 is 13.3 Å². The summed E-state index contributed by atoms with van der Waals surface area (Å²) in [5.41, 5.74) is 3.31. The van der Waals surface area contributed by atoms with Gasteiger partial charge in [0.05, 0.1) is 5.66 Å². The molecule has 0 fully saturated rings. The fourth-order valence-electron chi connectivity index (χ4n) is 2.66. The highest BCUT2D eigenvalue weighted by Crippen LogP contribution is 2.61. The van der Waals surface area contributed by atoms with Crippen molar-refractivity contribution in [1.82, 2.24) is 0 Å². The minimum Gasteiger partial charge on any atom is -0.312 e. The van der Waals surface area contributed by atoms with Crippen molar-refractivity contribution in [3.8, 4) is 0 Å². The Kier molecular flexibility index (Phi) is 7.10. The van der Waals surface area contributed by atoms with Gasteiger partial charge in [-0.15, -0.1) is 0 Å². The molecule has 0 saturated carbocycles. The summed E-state index contributed by atoms with van der Waals surface area (Å²) in [6.07, 6.45) is 3.32. The second-order valence-corrected chi connectivity index (χ2v) is 8.68. The van der Waals surface area contributed by atoms with Gasteiger partial charge in [-0.2, -0.15) is 0 Å². The van der Waals surface area contributed by atoms with Crippen molar-refractivity contribution in [1.29, 1.82) is 0 Å². The van der Waals surface area contributed by atoms with Gasteiger partial charge in [0.25, 0.3) is 0 Å². The van der Waals surface area contributed by atoms with Crippen molar-refractivity contribution >= 4 is 19.5 Å². The predicted molar refractivity (Wildman–Crippen MR) is 105 cm³/mol. The van der Waals surface area contributed by atoms with Crippen molar-refractivity contribution in [2.24, 2.45) is 0 Å². The van der Waals surface area contributed by atoms with Gasteiger partial charge in [-0.05, 0) is 31.1 Å². The molecule has 0 bridgehead atoms. The molecule has 0 amide bonds. The van der Waals surface area contributed by atoms with E-state index in [9.17, 15) is 9.36 Å². The van der Waals surface area contributed by atoms with Crippen LogP contribution in [0.2, 0.25) is 0 Å². The highest BCUT2D eigenvalue weighted by Gasteiger charge is 2.36. The molecule has 0 spiro atoms. The number of carbonyl (C=O) groups is 1. The molecule has 5 heteroatoms. The Morgan fingerprint density at radius 1 is 0.962 bits per heavy atom. The first-order chi connectivity index (χ1) is 12.4. The van der Waals surface area contributed by atoms with E-state index in [1.165, 1.54) is 20.3 Å². The number of benzene rings is 2. The lowest BCUT2D eigenvalue weighted by Gasteiger charge is -2.24. The molecule has 138 valence electrons. The average molecular weight is 372 g/mol. The van der Waals surface area contributed by atoms with E-state index in [4.69, 9.17) is 9.05 Å². The fraction of sp³-hybridized carbons (Fsp3) is 0.286. The topological polar surface area (TPSA) is 52.6 Å². The average Bonchev–Trinajstić information content (AvgIpc) is 2.66. The number of hydrogen-bond donors (Lipinski definition) is 0. The molecule has 0 aliphatic carbocycles. The van der Waals surface area contributed by atoms with Crippen molar-refractivity contribution < 1.29 is 18.4 Å². The Morgan fingerprint density at radius 2 is 1.46 bits per heavy atom. The van der Waals surface area contributed by atoms with Crippen molar-refractivity contribution in [2.75, 3.05) is 14.2 Å². The third kappa shape index (κ3) is 5.25. The van der Waals surface area contributed by atoms with E-state index in [1.54, 1.807) is 6.08 Å². The molecule has 0 N–H and O–H groups in total. The van der Waals surface area contributed by atoms with Crippen LogP contribution in [0.3, 0.4) is 0 Å². The van der Waals surface area contributed by atoms with Crippen molar-refractivity contribution in [3.05, 3.63) is 76.9 Å². The van der Waals surface area contributed by atoms with Crippen LogP contribution in [0.5, 0.6) is 0 Å². The maximum atomic E-state index is 13.0. The van der Waals surface area contributed by atoms with E-state index in [0.717, 1.165) is 22.3 Å². The van der Waals surface area contributed by atoms with E-state index in [1.807, 2.05) is 62.4 Å². The van der Waals surface area contributed by atoms with Gasteiger partial charge in [0.2, 0.25) is 0 Å². The summed E-state index contributed by atoms with van der Waals surface area (Å²) in [6, 6.07) is 15.4. The van der Waals surface area contributed by atoms with E-state index in [-0.39, 0.29) is 12.2 Å². The molecule has 26 heavy (non-hydrogen) atoms. The third-order valence-electron chi connectivity index (χ3n) is 4.29. The van der Waals surface area contributed by atoms with Crippen LogP contribution in [0.4, 0.5) is 0 Å². The first-order valence-electron chi connectivity index (χ1n) is 8.43. The minimum absolute atomic E-state index is 0.0460. The molecule has 2 rings (SSSR count). The summed E-state index contributed by atoms with van der Waals surface area (Å²) in [5.74, 6) is -0.134. The Balaban J connectivity index is 2.23. The highest BCUT2D eigenvalue weighted by molar-refractivity contribution is 7.54. The molecular weight excluding hydrogens is 347 g/mol. The van der Waals surface area contributed by atoms with Crippen LogP contribution in [0.1, 0.15) is 34.3 Å². The number of hydrogen-bond acceptors (Lipinski definition) is 4. The van der Waals surface area contributed by atoms with Crippen LogP contribution >= 0.6 is 7.60 Å². The zero-order chi connectivity index (χ0) is 19.2. The van der Waals surface area contributed by atoms with Crippen LogP contribution in [0.15, 0.2) is 54.6 Å². The Labute approximate surface area is 155 Å². The van der Waals surface area contributed by atoms with Crippen LogP contribution < -0.4 is 0 Å². The maximum Gasteiger partial charge on any atom is 0.337 e. The van der Waals surface area contributed by atoms with Crippen molar-refractivity contribution in [3.63, 3.8) is 0 Å². The number of aryl methyl sites for hydroxylation is 2. The predicted octanol–water partition coefficient (Wildman–Crippen LogP) is 5.50. The molecule has 1 unspecified atom stereocenters. The van der Waals surface area contributed by atoms with Gasteiger partial charge in [-0.1, -0.05) is 65.7 Å². The van der Waals surface area contributed by atoms with Crippen LogP contribution in [0.25, 0.3) is 6.08 Å². The van der Waals surface area contributed by atoms with Gasteiger partial charge >= 0.3 is 7.60 Å². The van der Waals surface area contributed by atoms with Crippen LogP contribution in [0, 0.1) is 13.8 Å². The second kappa shape index (κ2) is 9.09. The first-order valence-corrected chi connectivity index (χ1v) is 10.0. The minimum atomic E-state index is -3.44. The second-order valence-electron chi connectivity index (χ2n) is 6.25. The van der Waals surface area contributed by atoms with Gasteiger partial charge < -0.3 is 9.05 Å². The van der Waals surface area contributed by atoms with Crippen LogP contribution in [-0.2, 0) is 18.4 Å². The van der Waals surface area contributed by atoms with Gasteiger partial charge in [-0.25, -0.2) is 0 Å². The Morgan fingerprint density at radius 3 is 1.96 bits per heavy atom. The summed E-state index contributed by atoms with van der Waals surface area (Å²) >= 11 is 0. The highest BCUT2D eigenvalue weighted by atomic mass is 31.2. The summed E-state index contributed by atoms with van der Waals surface area (Å²) in [5, 5.41) is 0. The summed E-state index contributed by atoms with van der Waals surface area (Å²) < 4.78 is 23.3. The first kappa shape index (κ1) is 20.3. The molecule has 1 atom stereocenters. The monoisotopic (exact) mass is 372 g/mol. The third-order valence-corrected chi connectivity index (χ3v) is 6.55. The standard InChI is InChI=1S/C21H25O4P/c1-16-5-9-18(10-6-16)11-14-20(22)15-21(26(23,24-3)25-4)19-12-7-17(2)8-13-19/h5-14,21H,15H2,1-4H3/b14-11+. The molecule has 0 heterocycles. The lowest BCUT2D eigenvalue weighted by Crippen LogP contribution is -2.09. The summed E-state index contributed by atoms with van der Waals surface area (Å²) in [6.45, 7) is 3.98. The normalized spacial score (nSPS) is 13.1. The Bertz CT molecular complexity index is 799. The molecule has 0 aliphatic heterocycles. The number of rotatable bonds is 8. The Hall–Kier alpha value is -2.00. The molecule has 0 aromatic heterocycles. The molecule has 0 radical (unpaired) electrons. The SMILES string of the molecule is COP(=O)(OC)C(CC(=O)/C=C/c1ccc(C)cc1)c1ccc(C)cc1. The number of allylic oxidation sites excluding steroid dienone is 1. The smallest absolute Gasteiger partial charge is 0.312 e. The van der Waals surface area contributed by atoms with E-state index >= 15 is 0 Å². The molecular formula is C21H25O4P. The molecule has 4 nitrogen and oxygen atoms in total. The van der Waals surface area contributed by atoms with E-state index in [0.29, 0.717) is 0 Å². The molecule has 0 saturated heterocycles. The maximum absolute atomic E-state index is 13.0. The molecule has 2 aromatic rings. The van der Waals surface area contributed by atoms with E-state index in [2.05, 4.69) is 0 Å². The zero-order valence-corrected chi connectivity index (χ0v) is 16.5. The van der Waals surface area contributed by atoms with Gasteiger partial charge in [0, 0.05) is 20.6 Å². The lowest BCUT2D eigenvalue weighted by atomic mass is 10.0. The summed E-state index contributed by atoms with van der Waals surface area (Å²) in [7, 11) is -0.748. The largest absolute Gasteiger partial charge is 0.337 e. The molecule has 2 aromatic carbocycles. The lowest BCUT2D eigenvalue weighted by molar-refractivity contribution is -0.114. The molecule has 0 aliphatic rings. The zero-order valence-electron chi connectivity index (χ0n) is 15.6. The van der Waals surface area contributed by atoms with Gasteiger partial charge in [-0.3, -0.25) is 9.36 Å². The summed E-state index contributed by atoms with van der Waals surface area (Å²) in [4.78, 5) is 12.5. The fourth-order valence-corrected chi connectivity index (χ4v) is 4.25. The van der Waals surface area contributed by atoms with Gasteiger partial charge in [0.15, 0.2) is 5.78 Å². The van der Waals surface area contributed by atoms with Gasteiger partial charge in [0.1, 0.15) is 0 Å². The van der Waals surface area contributed by atoms with Crippen LogP contribution in [-0.4, -0.2) is 20.0 Å². The van der Waals surface area contributed by atoms with Crippen molar-refractivity contribution in [2.45, 2.75) is 25.9 Å². The quantitative estimate of drug-likeness (QED) is 0.453. The number of ketones is 1.